The normalized spacial score (nSPS) is 17.4. The maximum atomic E-state index is 13.8. The van der Waals surface area contributed by atoms with Crippen molar-refractivity contribution in [1.29, 1.82) is 0 Å². The Labute approximate surface area is 391 Å². The summed E-state index contributed by atoms with van der Waals surface area (Å²) >= 11 is 0. The Balaban J connectivity index is 0.000000220. The number of nitrogens with one attached hydrogen (secondary N) is 4. The van der Waals surface area contributed by atoms with Gasteiger partial charge in [0.05, 0.1) is 24.2 Å². The summed E-state index contributed by atoms with van der Waals surface area (Å²) in [7, 11) is 0. The molecule has 4 aliphatic rings. The topological polar surface area (TPSA) is 170 Å². The van der Waals surface area contributed by atoms with Crippen molar-refractivity contribution in [2.75, 3.05) is 36.8 Å². The van der Waals surface area contributed by atoms with Crippen molar-refractivity contribution in [1.82, 2.24) is 14.9 Å². The van der Waals surface area contributed by atoms with Crippen LogP contribution < -0.4 is 28.4 Å². The zero-order chi connectivity index (χ0) is 46.7. The number of hydrogen-bond donors (Lipinski definition) is 5. The van der Waals surface area contributed by atoms with E-state index in [1.54, 1.807) is 29.2 Å². The minimum atomic E-state index is -0.522. The van der Waals surface area contributed by atoms with Crippen molar-refractivity contribution in [2.24, 2.45) is 11.8 Å². The number of ketones is 2. The molecule has 15 heteroatoms. The first-order valence-electron chi connectivity index (χ1n) is 22.7. The second-order valence-electron chi connectivity index (χ2n) is 19.0. The van der Waals surface area contributed by atoms with Crippen LogP contribution in [0.3, 0.4) is 0 Å². The molecule has 0 aliphatic carbocycles. The first-order valence-corrected chi connectivity index (χ1v) is 22.7. The monoisotopic (exact) mass is 926 g/mol. The lowest BCUT2D eigenvalue weighted by atomic mass is 9.89. The number of amides is 3. The predicted octanol–water partition coefficient (Wildman–Crippen LogP) is 5.15. The van der Waals surface area contributed by atoms with Gasteiger partial charge < -0.3 is 48.0 Å². The average Bonchev–Trinajstić information content (AvgIpc) is 3.90. The van der Waals surface area contributed by atoms with Crippen molar-refractivity contribution in [3.8, 4) is 0 Å². The lowest BCUT2D eigenvalue weighted by molar-refractivity contribution is -0.664. The number of nitrogens with two attached hydrogens (primary N) is 1. The van der Waals surface area contributed by atoms with Gasteiger partial charge in [0.2, 0.25) is 0 Å². The molecule has 8 rings (SSSR count). The number of halogens is 3. The van der Waals surface area contributed by atoms with Gasteiger partial charge >= 0.3 is 6.09 Å². The largest absolute Gasteiger partial charge is 1.00 e. The number of carbonyl (C=O) groups excluding carboxylic acids is 5. The van der Waals surface area contributed by atoms with Crippen LogP contribution >= 0.6 is 0 Å². The van der Waals surface area contributed by atoms with Crippen LogP contribution in [-0.4, -0.2) is 76.1 Å². The second-order valence-corrected chi connectivity index (χ2v) is 19.0. The van der Waals surface area contributed by atoms with Gasteiger partial charge in [-0.15, -0.1) is 0 Å². The molecule has 0 spiro atoms. The number of hydrogen-bond acceptors (Lipinski definition) is 6. The van der Waals surface area contributed by atoms with Gasteiger partial charge in [-0.3, -0.25) is 19.2 Å². The van der Waals surface area contributed by atoms with Crippen LogP contribution in [0.25, 0.3) is 23.3 Å². The highest BCUT2D eigenvalue weighted by Gasteiger charge is 2.30. The fourth-order valence-corrected chi connectivity index (χ4v) is 9.37. The van der Waals surface area contributed by atoms with E-state index in [1.807, 2.05) is 48.5 Å². The number of likely N-dealkylation sites (tertiary alicyclic amines) is 1. The predicted molar refractivity (Wildman–Crippen MR) is 248 cm³/mol. The van der Waals surface area contributed by atoms with E-state index in [9.17, 15) is 32.8 Å². The Morgan fingerprint density at radius 2 is 1.14 bits per heavy atom. The Morgan fingerprint density at radius 3 is 1.56 bits per heavy atom. The molecule has 4 aromatic rings. The number of Topliss-reactive ketones (excluding diaryl/α,β-unsaturated/α-hetero) is 2. The molecule has 2 aromatic heterocycles. The van der Waals surface area contributed by atoms with Gasteiger partial charge in [0.25, 0.3) is 11.8 Å². The summed E-state index contributed by atoms with van der Waals surface area (Å²) in [5.41, 5.74) is 9.75. The zero-order valence-electron chi connectivity index (χ0n) is 38.9. The number of piperidine rings is 2. The number of anilines is 2. The highest BCUT2D eigenvalue weighted by Crippen LogP contribution is 2.36. The maximum absolute atomic E-state index is 13.8. The molecule has 6 heterocycles. The van der Waals surface area contributed by atoms with Gasteiger partial charge in [0.1, 0.15) is 28.8 Å². The van der Waals surface area contributed by atoms with E-state index in [-0.39, 0.29) is 53.6 Å². The van der Waals surface area contributed by atoms with E-state index in [2.05, 4.69) is 25.9 Å². The third kappa shape index (κ3) is 11.7. The van der Waals surface area contributed by atoms with Crippen LogP contribution in [0.15, 0.2) is 36.4 Å². The number of quaternary nitrogens is 1. The van der Waals surface area contributed by atoms with Gasteiger partial charge in [0, 0.05) is 84.1 Å². The van der Waals surface area contributed by atoms with E-state index >= 15 is 0 Å². The van der Waals surface area contributed by atoms with Crippen molar-refractivity contribution >= 4 is 64.1 Å². The summed E-state index contributed by atoms with van der Waals surface area (Å²) in [5, 5.41) is 7.84. The number of benzene rings is 2. The van der Waals surface area contributed by atoms with E-state index < -0.39 is 11.4 Å². The SMILES string of the molecule is Cc1[nH]c(/C=C2\C(=O)Nc3ccc(F)cc32)c(C)c1CC(=O)CC1CCN(C(=O)OC(C)(C)C)CC1.Cc1[nH]c(/C=C2\C(=O)Nc3ccc(F)cc32)c(C)c1CC(=O)CC1CC[NH2+]CC1.[Cl-]. The number of fused-ring (bicyclic) bond motifs is 2. The van der Waals surface area contributed by atoms with E-state index in [0.717, 1.165) is 83.8 Å². The third-order valence-electron chi connectivity index (χ3n) is 13.0. The van der Waals surface area contributed by atoms with E-state index in [1.165, 1.54) is 24.3 Å². The summed E-state index contributed by atoms with van der Waals surface area (Å²) in [5.74, 6) is -0.140. The molecule has 3 amide bonds. The molecule has 352 valence electrons. The highest BCUT2D eigenvalue weighted by molar-refractivity contribution is 6.35. The van der Waals surface area contributed by atoms with E-state index in [0.29, 0.717) is 78.3 Å². The Hall–Kier alpha value is -5.86. The molecule has 0 saturated carbocycles. The lowest BCUT2D eigenvalue weighted by Gasteiger charge is -2.33. The van der Waals surface area contributed by atoms with Gasteiger partial charge in [0.15, 0.2) is 0 Å². The zero-order valence-corrected chi connectivity index (χ0v) is 39.6. The first kappa shape index (κ1) is 49.6. The molecule has 0 bridgehead atoms. The fourth-order valence-electron chi connectivity index (χ4n) is 9.37. The molecular weight excluding hydrogens is 866 g/mol. The molecule has 2 saturated heterocycles. The number of H-pyrrole nitrogens is 2. The highest BCUT2D eigenvalue weighted by atomic mass is 35.5. The lowest BCUT2D eigenvalue weighted by Crippen LogP contribution is -3.00. The van der Waals surface area contributed by atoms with Crippen molar-refractivity contribution < 1.29 is 55.2 Å². The van der Waals surface area contributed by atoms with Crippen LogP contribution in [0.1, 0.15) is 115 Å². The number of aromatic nitrogens is 2. The number of nitrogens with zero attached hydrogens (tertiary/aromatic N) is 1. The quantitative estimate of drug-likeness (QED) is 0.138. The minimum Gasteiger partial charge on any atom is -1.00 e. The summed E-state index contributed by atoms with van der Waals surface area (Å²) in [6.07, 6.45) is 8.79. The van der Waals surface area contributed by atoms with Crippen LogP contribution in [-0.2, 0) is 36.8 Å². The molecule has 66 heavy (non-hydrogen) atoms. The third-order valence-corrected chi connectivity index (χ3v) is 13.0. The number of ether oxygens (including phenoxy) is 1. The van der Waals surface area contributed by atoms with Gasteiger partial charge in [-0.2, -0.15) is 0 Å². The molecular formula is C51H61ClF2N6O6. The van der Waals surface area contributed by atoms with Crippen molar-refractivity contribution in [3.63, 3.8) is 0 Å². The summed E-state index contributed by atoms with van der Waals surface area (Å²) in [6.45, 7) is 16.7. The van der Waals surface area contributed by atoms with Crippen LogP contribution in [0.4, 0.5) is 25.0 Å². The number of aryl methyl sites for hydroxylation is 2. The molecule has 2 fully saturated rings. The van der Waals surface area contributed by atoms with Crippen molar-refractivity contribution in [3.05, 3.63) is 104 Å². The fraction of sp³-hybridized carbons (Fsp3) is 0.431. The molecule has 6 N–H and O–H groups in total. The van der Waals surface area contributed by atoms with Crippen LogP contribution in [0.5, 0.6) is 0 Å². The number of carbonyl (C=O) groups is 5. The summed E-state index contributed by atoms with van der Waals surface area (Å²) in [6, 6.07) is 8.50. The Morgan fingerprint density at radius 1 is 0.712 bits per heavy atom. The summed E-state index contributed by atoms with van der Waals surface area (Å²) in [4.78, 5) is 71.1. The smallest absolute Gasteiger partial charge is 0.410 e. The van der Waals surface area contributed by atoms with Gasteiger partial charge in [-0.05, 0) is 157 Å². The summed E-state index contributed by atoms with van der Waals surface area (Å²) < 4.78 is 32.9. The second kappa shape index (κ2) is 20.8. The number of rotatable bonds is 10. The molecule has 0 atom stereocenters. The molecule has 4 aliphatic heterocycles. The van der Waals surface area contributed by atoms with Crippen LogP contribution in [0, 0.1) is 51.2 Å². The van der Waals surface area contributed by atoms with Crippen molar-refractivity contribution in [2.45, 2.75) is 105 Å². The molecule has 12 nitrogen and oxygen atoms in total. The minimum absolute atomic E-state index is 0. The molecule has 0 unspecified atom stereocenters. The Bertz CT molecular complexity index is 2590. The Kier molecular flexibility index (Phi) is 15.6. The molecule has 0 radical (unpaired) electrons. The van der Waals surface area contributed by atoms with Crippen LogP contribution in [0.2, 0.25) is 0 Å². The van der Waals surface area contributed by atoms with Gasteiger partial charge in [-0.1, -0.05) is 0 Å². The molecule has 2 aromatic carbocycles. The maximum Gasteiger partial charge on any atom is 0.410 e. The first-order chi connectivity index (χ1) is 30.8. The number of aromatic amines is 2. The average molecular weight is 928 g/mol. The standard InChI is InChI=1S/C28H34FN3O4.C23H26FN3O2.ClH/c1-16-21(14-20(33)12-18-8-10-32(11-9-18)27(35)36-28(3,4)5)17(2)30-25(16)15-23-22-13-19(29)6-7-24(22)31-26(23)34;1-13-18(11-17(28)9-15-5-7-25-8-6-15)14(2)26-22(13)12-20-19-10-16(24)3-4-21(19)27-23(20)29;/h6-7,13,15,18,30H,8-12,14H2,1-5H3,(H,31,34);3-4,10,12,15,25-26H,5-9,11H2,1-2H3,(H,27,29);1H/b23-15-;20-12-;. The van der Waals surface area contributed by atoms with E-state index in [4.69, 9.17) is 4.74 Å². The van der Waals surface area contributed by atoms with Gasteiger partial charge in [-0.25, -0.2) is 13.6 Å².